The van der Waals surface area contributed by atoms with Crippen molar-refractivity contribution in [1.29, 1.82) is 0 Å². The molecule has 0 aliphatic carbocycles. The van der Waals surface area contributed by atoms with E-state index in [-0.39, 0.29) is 24.3 Å². The van der Waals surface area contributed by atoms with E-state index in [0.717, 1.165) is 31.4 Å². The number of unbranched alkanes of at least 4 members (excludes halogenated alkanes) is 4. The second-order valence-corrected chi connectivity index (χ2v) is 12.0. The van der Waals surface area contributed by atoms with Crippen molar-refractivity contribution >= 4 is 23.4 Å². The molecular weight excluding hydrogens is 530 g/mol. The van der Waals surface area contributed by atoms with E-state index in [4.69, 9.17) is 4.74 Å². The molecule has 42 heavy (non-hydrogen) atoms. The number of likely N-dealkylation sites (tertiary alicyclic amines) is 1. The molecule has 3 saturated heterocycles. The molecule has 8 nitrogen and oxygen atoms in total. The fourth-order valence-electron chi connectivity index (χ4n) is 7.58. The average Bonchev–Trinajstić information content (AvgIpc) is 3.61. The Morgan fingerprint density at radius 2 is 1.76 bits per heavy atom. The minimum atomic E-state index is -1.05. The van der Waals surface area contributed by atoms with E-state index >= 15 is 0 Å². The number of hydrogen-bond acceptors (Lipinski definition) is 5. The second-order valence-electron chi connectivity index (χ2n) is 12.0. The summed E-state index contributed by atoms with van der Waals surface area (Å²) in [7, 11) is 0. The first-order valence-electron chi connectivity index (χ1n) is 15.8. The summed E-state index contributed by atoms with van der Waals surface area (Å²) in [6.07, 6.45) is 10.2. The van der Waals surface area contributed by atoms with Crippen molar-refractivity contribution in [3.8, 4) is 0 Å². The van der Waals surface area contributed by atoms with Crippen LogP contribution in [0.25, 0.3) is 0 Å². The zero-order chi connectivity index (χ0) is 30.3. The van der Waals surface area contributed by atoms with Crippen LogP contribution < -0.4 is 4.90 Å². The van der Waals surface area contributed by atoms with Gasteiger partial charge in [-0.15, -0.1) is 13.2 Å². The van der Waals surface area contributed by atoms with Crippen LogP contribution in [0.5, 0.6) is 0 Å². The lowest BCUT2D eigenvalue weighted by Gasteiger charge is -2.37. The summed E-state index contributed by atoms with van der Waals surface area (Å²) in [5.41, 5.74) is -1.11. The maximum Gasteiger partial charge on any atom is 0.248 e. The second kappa shape index (κ2) is 14.0. The molecule has 1 N–H and O–H groups in total. The van der Waals surface area contributed by atoms with Gasteiger partial charge in [-0.3, -0.25) is 14.4 Å². The van der Waals surface area contributed by atoms with Crippen LogP contribution in [0.1, 0.15) is 71.6 Å². The predicted molar refractivity (Wildman–Crippen MR) is 165 cm³/mol. The van der Waals surface area contributed by atoms with E-state index in [1.807, 2.05) is 42.2 Å². The molecule has 0 aromatic heterocycles. The summed E-state index contributed by atoms with van der Waals surface area (Å²) < 4.78 is 6.99. The number of fused-ring (bicyclic) bond motifs is 1. The van der Waals surface area contributed by atoms with Crippen molar-refractivity contribution in [2.75, 3.05) is 37.7 Å². The highest BCUT2D eigenvalue weighted by Gasteiger charge is 2.79. The van der Waals surface area contributed by atoms with Gasteiger partial charge in [-0.05, 0) is 57.1 Å². The van der Waals surface area contributed by atoms with Gasteiger partial charge in [-0.2, -0.15) is 0 Å². The monoisotopic (exact) mass is 579 g/mol. The number of carbonyl (C=O) groups is 3. The van der Waals surface area contributed by atoms with E-state index in [0.29, 0.717) is 58.3 Å². The molecule has 3 aliphatic heterocycles. The van der Waals surface area contributed by atoms with Crippen molar-refractivity contribution in [3.63, 3.8) is 0 Å². The number of ether oxygens (including phenoxy) is 1. The lowest BCUT2D eigenvalue weighted by molar-refractivity contribution is -0.152. The lowest BCUT2D eigenvalue weighted by Crippen LogP contribution is -2.56. The fourth-order valence-corrected chi connectivity index (χ4v) is 7.58. The van der Waals surface area contributed by atoms with Crippen molar-refractivity contribution in [1.82, 2.24) is 9.80 Å². The molecule has 2 bridgehead atoms. The lowest BCUT2D eigenvalue weighted by atomic mass is 9.64. The van der Waals surface area contributed by atoms with Crippen molar-refractivity contribution < 1.29 is 24.2 Å². The minimum Gasteiger partial charge on any atom is -0.396 e. The highest BCUT2D eigenvalue weighted by Crippen LogP contribution is 2.64. The Bertz CT molecular complexity index is 1130. The van der Waals surface area contributed by atoms with E-state index < -0.39 is 29.1 Å². The summed E-state index contributed by atoms with van der Waals surface area (Å²) in [6.45, 7) is 13.7. The van der Waals surface area contributed by atoms with Crippen molar-refractivity contribution in [3.05, 3.63) is 55.6 Å². The van der Waals surface area contributed by atoms with Gasteiger partial charge in [0, 0.05) is 38.5 Å². The summed E-state index contributed by atoms with van der Waals surface area (Å²) in [6, 6.07) is 8.69. The number of amides is 3. The first-order chi connectivity index (χ1) is 20.4. The van der Waals surface area contributed by atoms with Gasteiger partial charge in [-0.1, -0.05) is 57.0 Å². The highest BCUT2D eigenvalue weighted by atomic mass is 16.5. The maximum absolute atomic E-state index is 14.6. The molecule has 2 unspecified atom stereocenters. The zero-order valence-corrected chi connectivity index (χ0v) is 25.5. The van der Waals surface area contributed by atoms with Crippen LogP contribution in [-0.4, -0.2) is 82.7 Å². The Morgan fingerprint density at radius 1 is 1.02 bits per heavy atom. The number of rotatable bonds is 17. The van der Waals surface area contributed by atoms with Crippen LogP contribution in [0.4, 0.5) is 5.69 Å². The number of carbonyl (C=O) groups excluding carboxylic acids is 3. The first kappa shape index (κ1) is 32.0. The van der Waals surface area contributed by atoms with Crippen molar-refractivity contribution in [2.24, 2.45) is 11.8 Å². The van der Waals surface area contributed by atoms with Crippen LogP contribution in [0, 0.1) is 11.8 Å². The number of para-hydroxylation sites is 1. The van der Waals surface area contributed by atoms with E-state index in [2.05, 4.69) is 20.1 Å². The van der Waals surface area contributed by atoms with Gasteiger partial charge in [0.15, 0.2) is 0 Å². The van der Waals surface area contributed by atoms with Crippen LogP contribution in [0.2, 0.25) is 0 Å². The number of anilines is 1. The molecule has 3 aliphatic rings. The summed E-state index contributed by atoms with van der Waals surface area (Å²) >= 11 is 0. The molecule has 4 rings (SSSR count). The third kappa shape index (κ3) is 5.68. The molecule has 230 valence electrons. The van der Waals surface area contributed by atoms with E-state index in [1.165, 1.54) is 0 Å². The molecular formula is C34H49N3O5. The Labute approximate surface area is 251 Å². The smallest absolute Gasteiger partial charge is 0.248 e. The predicted octanol–water partition coefficient (Wildman–Crippen LogP) is 4.73. The fraction of sp³-hybridized carbons (Fsp3) is 0.618. The minimum absolute atomic E-state index is 0.0880. The molecule has 1 aromatic rings. The van der Waals surface area contributed by atoms with Crippen LogP contribution in [-0.2, 0) is 19.1 Å². The van der Waals surface area contributed by atoms with Gasteiger partial charge in [-0.25, -0.2) is 0 Å². The topological polar surface area (TPSA) is 90.4 Å². The number of aliphatic hydroxyl groups excluding tert-OH is 1. The summed E-state index contributed by atoms with van der Waals surface area (Å²) in [4.78, 5) is 48.8. The van der Waals surface area contributed by atoms with Crippen molar-refractivity contribution in [2.45, 2.75) is 88.9 Å². The molecule has 0 saturated carbocycles. The molecule has 3 amide bonds. The zero-order valence-electron chi connectivity index (χ0n) is 25.5. The SMILES string of the molecule is C=CCN(CCCCC)C(=O)C1N(CCCCCO)C(=O)[C@@H]2[C@H](C(=O)N(CC=C)c3ccccc3)[C@]3(CC)CCC12O3. The summed E-state index contributed by atoms with van der Waals surface area (Å²) in [5, 5.41) is 9.32. The number of nitrogens with zero attached hydrogens (tertiary/aromatic N) is 3. The third-order valence-electron chi connectivity index (χ3n) is 9.58. The average molecular weight is 580 g/mol. The van der Waals surface area contributed by atoms with E-state index in [1.54, 1.807) is 22.0 Å². The standard InChI is InChI=1S/C34H49N3O5/c1-5-9-14-23-35(21-6-2)32(41)29-34-20-19-33(8-4,42-34)27(28(34)31(40)37(29)24-15-11-16-25-38)30(39)36(22-7-3)26-17-12-10-13-18-26/h6-7,10,12-13,17-18,27-29,38H,2-3,5,8-9,11,14-16,19-25H2,1,4H3/t27-,28+,29?,33+,34?/m1/s1. The number of aliphatic hydroxyl groups is 1. The van der Waals surface area contributed by atoms with Crippen LogP contribution in [0.15, 0.2) is 55.6 Å². The van der Waals surface area contributed by atoms with Crippen LogP contribution >= 0.6 is 0 Å². The molecule has 0 radical (unpaired) electrons. The molecule has 1 aromatic carbocycles. The first-order valence-corrected chi connectivity index (χ1v) is 15.8. The molecule has 5 atom stereocenters. The Hall–Kier alpha value is -2.97. The molecule has 3 heterocycles. The highest BCUT2D eigenvalue weighted by molar-refractivity contribution is 6.03. The Morgan fingerprint density at radius 3 is 2.40 bits per heavy atom. The largest absolute Gasteiger partial charge is 0.396 e. The number of benzene rings is 1. The van der Waals surface area contributed by atoms with Crippen LogP contribution in [0.3, 0.4) is 0 Å². The van der Waals surface area contributed by atoms with E-state index in [9.17, 15) is 19.5 Å². The maximum atomic E-state index is 14.6. The molecule has 1 spiro atoms. The third-order valence-corrected chi connectivity index (χ3v) is 9.58. The van der Waals surface area contributed by atoms with Gasteiger partial charge in [0.1, 0.15) is 11.6 Å². The summed E-state index contributed by atoms with van der Waals surface area (Å²) in [5.74, 6) is -1.86. The molecule has 8 heteroatoms. The number of hydrogen-bond donors (Lipinski definition) is 1. The van der Waals surface area contributed by atoms with Gasteiger partial charge in [0.25, 0.3) is 0 Å². The quantitative estimate of drug-likeness (QED) is 0.213. The normalized spacial score (nSPS) is 27.6. The van der Waals surface area contributed by atoms with Gasteiger partial charge >= 0.3 is 0 Å². The van der Waals surface area contributed by atoms with Gasteiger partial charge in [0.05, 0.1) is 17.4 Å². The Kier molecular flexibility index (Phi) is 10.7. The Balaban J connectivity index is 1.76. The molecule has 3 fully saturated rings. The van der Waals surface area contributed by atoms with Gasteiger partial charge < -0.3 is 24.5 Å². The van der Waals surface area contributed by atoms with Gasteiger partial charge in [0.2, 0.25) is 17.7 Å².